The molecule has 0 fully saturated rings. The van der Waals surface area contributed by atoms with E-state index in [9.17, 15) is 4.79 Å². The lowest BCUT2D eigenvalue weighted by Crippen LogP contribution is -2.41. The monoisotopic (exact) mass is 352 g/mol. The molecule has 0 saturated carbocycles. The molecule has 24 heavy (non-hydrogen) atoms. The molecule has 0 saturated heterocycles. The Hall–Kier alpha value is -1.79. The Morgan fingerprint density at radius 2 is 1.88 bits per heavy atom. The van der Waals surface area contributed by atoms with Crippen LogP contribution in [0.2, 0.25) is 18.1 Å². The Morgan fingerprint density at radius 1 is 1.21 bits per heavy atom. The highest BCUT2D eigenvalue weighted by atomic mass is 28.4. The number of rotatable bonds is 8. The van der Waals surface area contributed by atoms with Crippen LogP contribution in [-0.4, -0.2) is 34.6 Å². The van der Waals surface area contributed by atoms with Crippen molar-refractivity contribution in [3.05, 3.63) is 36.6 Å². The van der Waals surface area contributed by atoms with E-state index in [-0.39, 0.29) is 5.04 Å². The van der Waals surface area contributed by atoms with E-state index in [1.165, 1.54) is 13.4 Å². The first-order chi connectivity index (χ1) is 11.1. The number of carbonyl (C=O) groups is 1. The van der Waals surface area contributed by atoms with Crippen molar-refractivity contribution in [2.24, 2.45) is 0 Å². The maximum absolute atomic E-state index is 11.6. The molecule has 0 radical (unpaired) electrons. The molecule has 0 atom stereocenters. The van der Waals surface area contributed by atoms with Crippen LogP contribution in [0, 0.1) is 0 Å². The zero-order valence-electron chi connectivity index (χ0n) is 15.5. The number of ether oxygens (including phenoxy) is 3. The molecule has 0 aliphatic rings. The molecule has 0 heterocycles. The van der Waals surface area contributed by atoms with Gasteiger partial charge in [-0.25, -0.2) is 4.79 Å². The standard InChI is InChI=1S/C18H28O5Si/c1-8-21-15-10-9-14(17(19)20-5)13-16(15)22-11-12-23-24(6,7)18(2,3)4/h8-10,13H,1,11-12H2,2-7H3. The Balaban J connectivity index is 2.75. The minimum atomic E-state index is -1.81. The first kappa shape index (κ1) is 20.3. The van der Waals surface area contributed by atoms with Crippen molar-refractivity contribution in [3.8, 4) is 11.5 Å². The van der Waals surface area contributed by atoms with Gasteiger partial charge in [0.1, 0.15) is 6.61 Å². The van der Waals surface area contributed by atoms with Gasteiger partial charge in [-0.15, -0.1) is 0 Å². The molecule has 5 nitrogen and oxygen atoms in total. The number of hydrogen-bond acceptors (Lipinski definition) is 5. The van der Waals surface area contributed by atoms with Gasteiger partial charge in [0, 0.05) is 0 Å². The fourth-order valence-electron chi connectivity index (χ4n) is 1.72. The molecular weight excluding hydrogens is 324 g/mol. The van der Waals surface area contributed by atoms with E-state index >= 15 is 0 Å². The molecule has 0 N–H and O–H groups in total. The van der Waals surface area contributed by atoms with Crippen molar-refractivity contribution in [1.29, 1.82) is 0 Å². The summed E-state index contributed by atoms with van der Waals surface area (Å²) in [5.74, 6) is 0.518. The van der Waals surface area contributed by atoms with Crippen molar-refractivity contribution < 1.29 is 23.4 Å². The highest BCUT2D eigenvalue weighted by Crippen LogP contribution is 2.36. The number of carbonyl (C=O) groups excluding carboxylic acids is 1. The van der Waals surface area contributed by atoms with Crippen molar-refractivity contribution in [2.45, 2.75) is 38.9 Å². The van der Waals surface area contributed by atoms with Crippen LogP contribution in [0.15, 0.2) is 31.0 Å². The molecule has 0 aromatic heterocycles. The lowest BCUT2D eigenvalue weighted by molar-refractivity contribution is 0.0600. The first-order valence-corrected chi connectivity index (χ1v) is 10.8. The molecule has 0 aliphatic carbocycles. The zero-order chi connectivity index (χ0) is 18.4. The highest BCUT2D eigenvalue weighted by molar-refractivity contribution is 6.74. The molecule has 134 valence electrons. The van der Waals surface area contributed by atoms with Crippen LogP contribution in [0.1, 0.15) is 31.1 Å². The average Bonchev–Trinajstić information content (AvgIpc) is 2.51. The van der Waals surface area contributed by atoms with E-state index in [0.717, 1.165) is 0 Å². The minimum Gasteiger partial charge on any atom is -0.487 e. The Labute approximate surface area is 145 Å². The normalized spacial score (nSPS) is 11.8. The first-order valence-electron chi connectivity index (χ1n) is 7.89. The molecule has 0 amide bonds. The third-order valence-corrected chi connectivity index (χ3v) is 8.72. The number of hydrogen-bond donors (Lipinski definition) is 0. The second-order valence-corrected chi connectivity index (χ2v) is 11.7. The summed E-state index contributed by atoms with van der Waals surface area (Å²) >= 11 is 0. The van der Waals surface area contributed by atoms with Crippen LogP contribution in [0.3, 0.4) is 0 Å². The van der Waals surface area contributed by atoms with Gasteiger partial charge in [0.2, 0.25) is 0 Å². The summed E-state index contributed by atoms with van der Waals surface area (Å²) in [5, 5.41) is 0.148. The van der Waals surface area contributed by atoms with Gasteiger partial charge in [0.05, 0.1) is 25.5 Å². The van der Waals surface area contributed by atoms with Gasteiger partial charge in [-0.05, 0) is 36.3 Å². The zero-order valence-corrected chi connectivity index (χ0v) is 16.5. The summed E-state index contributed by atoms with van der Waals surface area (Å²) in [6, 6.07) is 4.86. The highest BCUT2D eigenvalue weighted by Gasteiger charge is 2.36. The maximum atomic E-state index is 11.6. The quantitative estimate of drug-likeness (QED) is 0.300. The number of esters is 1. The third-order valence-electron chi connectivity index (χ3n) is 4.19. The summed E-state index contributed by atoms with van der Waals surface area (Å²) < 4.78 is 21.9. The largest absolute Gasteiger partial charge is 0.487 e. The molecule has 1 aromatic carbocycles. The lowest BCUT2D eigenvalue weighted by Gasteiger charge is -2.36. The van der Waals surface area contributed by atoms with E-state index in [0.29, 0.717) is 30.3 Å². The minimum absolute atomic E-state index is 0.148. The maximum Gasteiger partial charge on any atom is 0.337 e. The predicted octanol–water partition coefficient (Wildman–Crippen LogP) is 4.40. The topological polar surface area (TPSA) is 54.0 Å². The van der Waals surface area contributed by atoms with E-state index in [4.69, 9.17) is 18.6 Å². The molecule has 0 spiro atoms. The van der Waals surface area contributed by atoms with E-state index in [1.807, 2.05) is 0 Å². The predicted molar refractivity (Wildman–Crippen MR) is 97.3 cm³/mol. The second kappa shape index (κ2) is 8.35. The second-order valence-electron chi connectivity index (χ2n) is 6.89. The summed E-state index contributed by atoms with van der Waals surface area (Å²) in [5.41, 5.74) is 0.397. The Bertz CT molecular complexity index is 575. The van der Waals surface area contributed by atoms with Crippen LogP contribution < -0.4 is 9.47 Å². The van der Waals surface area contributed by atoms with Crippen LogP contribution in [0.4, 0.5) is 0 Å². The summed E-state index contributed by atoms with van der Waals surface area (Å²) in [4.78, 5) is 11.6. The van der Waals surface area contributed by atoms with Gasteiger partial charge in [-0.1, -0.05) is 27.4 Å². The van der Waals surface area contributed by atoms with Crippen LogP contribution >= 0.6 is 0 Å². The van der Waals surface area contributed by atoms with Crippen molar-refractivity contribution in [1.82, 2.24) is 0 Å². The van der Waals surface area contributed by atoms with E-state index in [2.05, 4.69) is 40.4 Å². The lowest BCUT2D eigenvalue weighted by atomic mass is 10.2. The van der Waals surface area contributed by atoms with Crippen molar-refractivity contribution >= 4 is 14.3 Å². The van der Waals surface area contributed by atoms with E-state index in [1.54, 1.807) is 18.2 Å². The fourth-order valence-corrected chi connectivity index (χ4v) is 2.74. The fraction of sp³-hybridized carbons (Fsp3) is 0.500. The van der Waals surface area contributed by atoms with E-state index < -0.39 is 14.3 Å². The van der Waals surface area contributed by atoms with Crippen LogP contribution in [0.25, 0.3) is 0 Å². The Morgan fingerprint density at radius 3 is 2.42 bits per heavy atom. The van der Waals surface area contributed by atoms with Gasteiger partial charge in [0.15, 0.2) is 19.8 Å². The van der Waals surface area contributed by atoms with Gasteiger partial charge in [-0.2, -0.15) is 0 Å². The molecule has 1 rings (SSSR count). The molecule has 0 unspecified atom stereocenters. The number of methoxy groups -OCH3 is 1. The summed E-state index contributed by atoms with van der Waals surface area (Å²) in [6.07, 6.45) is 1.31. The van der Waals surface area contributed by atoms with Crippen molar-refractivity contribution in [2.75, 3.05) is 20.3 Å². The van der Waals surface area contributed by atoms with Crippen molar-refractivity contribution in [3.63, 3.8) is 0 Å². The SMILES string of the molecule is C=COc1ccc(C(=O)OC)cc1OCCO[Si](C)(C)C(C)(C)C. The average molecular weight is 353 g/mol. The number of benzene rings is 1. The Kier molecular flexibility index (Phi) is 7.04. The van der Waals surface area contributed by atoms with Gasteiger partial charge < -0.3 is 18.6 Å². The third kappa shape index (κ3) is 5.38. The molecule has 0 aliphatic heterocycles. The van der Waals surface area contributed by atoms with Crippen LogP contribution in [0.5, 0.6) is 11.5 Å². The molecule has 0 bridgehead atoms. The van der Waals surface area contributed by atoms with Crippen LogP contribution in [-0.2, 0) is 9.16 Å². The summed E-state index contributed by atoms with van der Waals surface area (Å²) in [7, 11) is -0.471. The van der Waals surface area contributed by atoms with Gasteiger partial charge in [0.25, 0.3) is 0 Å². The molecule has 1 aromatic rings. The molecular formula is C18H28O5Si. The van der Waals surface area contributed by atoms with Gasteiger partial charge >= 0.3 is 5.97 Å². The summed E-state index contributed by atoms with van der Waals surface area (Å²) in [6.45, 7) is 15.3. The molecule has 6 heteroatoms. The van der Waals surface area contributed by atoms with Gasteiger partial charge in [-0.3, -0.25) is 0 Å². The smallest absolute Gasteiger partial charge is 0.337 e.